The summed E-state index contributed by atoms with van der Waals surface area (Å²) in [7, 11) is 0. The van der Waals surface area contributed by atoms with E-state index in [-0.39, 0.29) is 5.91 Å². The summed E-state index contributed by atoms with van der Waals surface area (Å²) < 4.78 is 1.98. The topological polar surface area (TPSA) is 98.5 Å². The molecule has 0 saturated carbocycles. The first-order valence-corrected chi connectivity index (χ1v) is 13.2. The van der Waals surface area contributed by atoms with Crippen LogP contribution in [0.2, 0.25) is 5.02 Å². The lowest BCUT2D eigenvalue weighted by Gasteiger charge is -2.13. The van der Waals surface area contributed by atoms with Crippen molar-refractivity contribution in [2.75, 3.05) is 0 Å². The minimum atomic E-state index is -0.220. The van der Waals surface area contributed by atoms with Gasteiger partial charge in [0.1, 0.15) is 10.7 Å². The molecule has 4 aromatic heterocycles. The number of halogens is 1. The molecule has 0 spiro atoms. The molecule has 8 nitrogen and oxygen atoms in total. The number of benzene rings is 1. The van der Waals surface area contributed by atoms with Crippen molar-refractivity contribution in [3.8, 4) is 17.1 Å². The van der Waals surface area contributed by atoms with Crippen molar-refractivity contribution >= 4 is 40.6 Å². The quantitative estimate of drug-likeness (QED) is 0.268. The van der Waals surface area contributed by atoms with Crippen LogP contribution < -0.4 is 5.32 Å². The zero-order valence-corrected chi connectivity index (χ0v) is 21.5. The summed E-state index contributed by atoms with van der Waals surface area (Å²) in [6, 6.07) is 13.3. The number of aromatic nitrogens is 6. The van der Waals surface area contributed by atoms with Gasteiger partial charge in [-0.05, 0) is 48.4 Å². The lowest BCUT2D eigenvalue weighted by atomic mass is 10.2. The van der Waals surface area contributed by atoms with E-state index in [1.54, 1.807) is 30.2 Å². The summed E-state index contributed by atoms with van der Waals surface area (Å²) in [5.41, 5.74) is 4.09. The van der Waals surface area contributed by atoms with Crippen LogP contribution in [0.1, 0.15) is 26.6 Å². The average molecular weight is 534 g/mol. The smallest absolute Gasteiger partial charge is 0.271 e. The molecule has 0 unspecified atom stereocenters. The number of hydrogen-bond acceptors (Lipinski definition) is 8. The molecule has 0 saturated heterocycles. The molecule has 5 rings (SSSR count). The van der Waals surface area contributed by atoms with E-state index in [9.17, 15) is 4.79 Å². The number of thiazole rings is 1. The number of hydrogen-bond donors (Lipinski definition) is 1. The van der Waals surface area contributed by atoms with Gasteiger partial charge in [-0.15, -0.1) is 21.5 Å². The van der Waals surface area contributed by atoms with Gasteiger partial charge in [0.25, 0.3) is 5.91 Å². The molecule has 5 aromatic rings. The van der Waals surface area contributed by atoms with Crippen LogP contribution in [0.5, 0.6) is 0 Å². The van der Waals surface area contributed by atoms with Crippen molar-refractivity contribution in [3.05, 3.63) is 99.5 Å². The van der Waals surface area contributed by atoms with Gasteiger partial charge >= 0.3 is 0 Å². The summed E-state index contributed by atoms with van der Waals surface area (Å²) in [5, 5.41) is 15.7. The number of thioether (sulfide) groups is 1. The second-order valence-electron chi connectivity index (χ2n) is 7.77. The van der Waals surface area contributed by atoms with Gasteiger partial charge in [-0.1, -0.05) is 35.5 Å². The molecule has 11 heteroatoms. The fourth-order valence-corrected chi connectivity index (χ4v) is 5.37. The Morgan fingerprint density at radius 3 is 2.72 bits per heavy atom. The SMILES string of the molecule is Cc1ccc(Cl)cc1-n1c(SCc2nc(C(=O)NCc3cccnc3)cs2)nnc1-c1cccnc1. The third kappa shape index (κ3) is 5.46. The predicted molar refractivity (Wildman–Crippen MR) is 141 cm³/mol. The molecule has 0 atom stereocenters. The minimum Gasteiger partial charge on any atom is -0.347 e. The lowest BCUT2D eigenvalue weighted by Crippen LogP contribution is -2.23. The first-order valence-electron chi connectivity index (χ1n) is 10.9. The number of nitrogens with one attached hydrogen (secondary N) is 1. The van der Waals surface area contributed by atoms with Crippen molar-refractivity contribution in [2.24, 2.45) is 0 Å². The van der Waals surface area contributed by atoms with Crippen LogP contribution in [0.3, 0.4) is 0 Å². The van der Waals surface area contributed by atoms with Crippen LogP contribution in [0.4, 0.5) is 0 Å². The van der Waals surface area contributed by atoms with E-state index in [1.165, 1.54) is 23.1 Å². The van der Waals surface area contributed by atoms with E-state index in [0.717, 1.165) is 27.4 Å². The fraction of sp³-hybridized carbons (Fsp3) is 0.120. The van der Waals surface area contributed by atoms with Gasteiger partial charge in [0.2, 0.25) is 0 Å². The molecule has 0 aliphatic carbocycles. The van der Waals surface area contributed by atoms with Crippen molar-refractivity contribution in [1.29, 1.82) is 0 Å². The molecule has 1 N–H and O–H groups in total. The number of aryl methyl sites for hydroxylation is 1. The number of nitrogens with zero attached hydrogens (tertiary/aromatic N) is 6. The summed E-state index contributed by atoms with van der Waals surface area (Å²) in [6.45, 7) is 2.41. The lowest BCUT2D eigenvalue weighted by molar-refractivity contribution is 0.0946. The Bertz CT molecular complexity index is 1490. The van der Waals surface area contributed by atoms with Gasteiger partial charge in [0, 0.05) is 47.3 Å². The molecule has 0 bridgehead atoms. The molecule has 4 heterocycles. The van der Waals surface area contributed by atoms with Crippen molar-refractivity contribution in [1.82, 2.24) is 35.0 Å². The molecule has 1 amide bonds. The number of amides is 1. The van der Waals surface area contributed by atoms with Crippen LogP contribution in [0, 0.1) is 6.92 Å². The zero-order valence-electron chi connectivity index (χ0n) is 19.1. The summed E-state index contributed by atoms with van der Waals surface area (Å²) in [6.07, 6.45) is 6.90. The van der Waals surface area contributed by atoms with Gasteiger partial charge in [-0.25, -0.2) is 4.98 Å². The summed E-state index contributed by atoms with van der Waals surface area (Å²) in [5.74, 6) is 0.985. The van der Waals surface area contributed by atoms with Crippen LogP contribution in [0.25, 0.3) is 17.1 Å². The molecular weight excluding hydrogens is 514 g/mol. The fourth-order valence-electron chi connectivity index (χ4n) is 3.47. The number of pyridine rings is 2. The molecule has 36 heavy (non-hydrogen) atoms. The molecular formula is C25H20ClN7OS2. The normalized spacial score (nSPS) is 10.9. The Kier molecular flexibility index (Phi) is 7.36. The van der Waals surface area contributed by atoms with Gasteiger partial charge in [0.05, 0.1) is 11.4 Å². The van der Waals surface area contributed by atoms with Gasteiger partial charge in [0.15, 0.2) is 11.0 Å². The van der Waals surface area contributed by atoms with Gasteiger partial charge in [-0.3, -0.25) is 19.3 Å². The molecule has 1 aromatic carbocycles. The Labute approximate surface area is 220 Å². The third-order valence-electron chi connectivity index (χ3n) is 5.25. The van der Waals surface area contributed by atoms with E-state index >= 15 is 0 Å². The number of carbonyl (C=O) groups is 1. The van der Waals surface area contributed by atoms with E-state index in [1.807, 2.05) is 54.0 Å². The van der Waals surface area contributed by atoms with Crippen LogP contribution in [0.15, 0.2) is 77.8 Å². The predicted octanol–water partition coefficient (Wildman–Crippen LogP) is 5.36. The maximum atomic E-state index is 12.5. The maximum absolute atomic E-state index is 12.5. The standard InChI is InChI=1S/C25H20ClN7OS2/c1-16-6-7-19(26)10-21(16)33-23(18-5-3-9-28-13-18)31-32-25(33)36-15-22-30-20(14-35-22)24(34)29-12-17-4-2-8-27-11-17/h2-11,13-14H,12,15H2,1H3,(H,29,34). The molecule has 180 valence electrons. The molecule has 0 fully saturated rings. The van der Waals surface area contributed by atoms with Crippen molar-refractivity contribution < 1.29 is 4.79 Å². The minimum absolute atomic E-state index is 0.220. The molecule has 0 aliphatic heterocycles. The maximum Gasteiger partial charge on any atom is 0.271 e. The second kappa shape index (κ2) is 11.0. The average Bonchev–Trinajstić information content (AvgIpc) is 3.56. The first kappa shape index (κ1) is 24.1. The van der Waals surface area contributed by atoms with E-state index in [4.69, 9.17) is 11.6 Å². The van der Waals surface area contributed by atoms with E-state index < -0.39 is 0 Å². The highest BCUT2D eigenvalue weighted by atomic mass is 35.5. The monoisotopic (exact) mass is 533 g/mol. The van der Waals surface area contributed by atoms with Crippen molar-refractivity contribution in [3.63, 3.8) is 0 Å². The zero-order chi connectivity index (χ0) is 24.9. The van der Waals surface area contributed by atoms with Gasteiger partial charge < -0.3 is 5.32 Å². The van der Waals surface area contributed by atoms with Crippen molar-refractivity contribution in [2.45, 2.75) is 24.4 Å². The third-order valence-corrected chi connectivity index (χ3v) is 7.46. The summed E-state index contributed by atoms with van der Waals surface area (Å²) >= 11 is 9.26. The Morgan fingerprint density at radius 2 is 1.94 bits per heavy atom. The highest BCUT2D eigenvalue weighted by Gasteiger charge is 2.19. The van der Waals surface area contributed by atoms with Crippen LogP contribution in [-0.4, -0.2) is 35.6 Å². The summed E-state index contributed by atoms with van der Waals surface area (Å²) in [4.78, 5) is 25.3. The Morgan fingerprint density at radius 1 is 1.11 bits per heavy atom. The van der Waals surface area contributed by atoms with Crippen LogP contribution in [-0.2, 0) is 12.3 Å². The Hall–Kier alpha value is -3.60. The highest BCUT2D eigenvalue weighted by Crippen LogP contribution is 2.32. The highest BCUT2D eigenvalue weighted by molar-refractivity contribution is 7.98. The molecule has 0 radical (unpaired) electrons. The van der Waals surface area contributed by atoms with E-state index in [0.29, 0.717) is 34.0 Å². The number of rotatable bonds is 8. The van der Waals surface area contributed by atoms with Crippen LogP contribution >= 0.6 is 34.7 Å². The first-order chi connectivity index (χ1) is 17.6. The Balaban J connectivity index is 1.35. The van der Waals surface area contributed by atoms with E-state index in [2.05, 4.69) is 30.5 Å². The second-order valence-corrected chi connectivity index (χ2v) is 10.1. The van der Waals surface area contributed by atoms with Gasteiger partial charge in [-0.2, -0.15) is 0 Å². The largest absolute Gasteiger partial charge is 0.347 e. The molecule has 0 aliphatic rings. The number of carbonyl (C=O) groups excluding carboxylic acids is 1.